The molecule has 2 aromatic rings. The van der Waals surface area contributed by atoms with Gasteiger partial charge in [-0.05, 0) is 56.5 Å². The van der Waals surface area contributed by atoms with E-state index >= 15 is 0 Å². The van der Waals surface area contributed by atoms with Gasteiger partial charge in [-0.3, -0.25) is 0 Å². The average molecular weight is 408 g/mol. The van der Waals surface area contributed by atoms with Crippen molar-refractivity contribution >= 4 is 49.2 Å². The van der Waals surface area contributed by atoms with E-state index in [9.17, 15) is 9.18 Å². The lowest BCUT2D eigenvalue weighted by Gasteiger charge is -2.06. The molecular weight excluding hydrogens is 399 g/mol. The molecule has 0 saturated carbocycles. The van der Waals surface area contributed by atoms with Crippen LogP contribution in [0, 0.1) is 5.82 Å². The van der Waals surface area contributed by atoms with Crippen molar-refractivity contribution in [2.75, 3.05) is 6.61 Å². The zero-order valence-electron chi connectivity index (χ0n) is 9.88. The third-order valence-corrected chi connectivity index (χ3v) is 4.97. The number of benzene rings is 1. The van der Waals surface area contributed by atoms with Gasteiger partial charge in [0.1, 0.15) is 5.82 Å². The van der Waals surface area contributed by atoms with Gasteiger partial charge in [0.15, 0.2) is 0 Å². The number of hydrogen-bond donors (Lipinski definition) is 0. The van der Waals surface area contributed by atoms with Crippen LogP contribution in [0.1, 0.15) is 17.3 Å². The highest BCUT2D eigenvalue weighted by Gasteiger charge is 2.23. The minimum Gasteiger partial charge on any atom is -0.462 e. The van der Waals surface area contributed by atoms with Gasteiger partial charge in [-0.25, -0.2) is 9.18 Å². The van der Waals surface area contributed by atoms with Crippen LogP contribution in [-0.2, 0) is 4.74 Å². The summed E-state index contributed by atoms with van der Waals surface area (Å²) in [6, 6.07) is 6.00. The Labute approximate surface area is 130 Å². The van der Waals surface area contributed by atoms with Gasteiger partial charge in [0.25, 0.3) is 0 Å². The molecule has 0 spiro atoms. The topological polar surface area (TPSA) is 26.3 Å². The smallest absolute Gasteiger partial charge is 0.340 e. The van der Waals surface area contributed by atoms with Crippen LogP contribution in [0.3, 0.4) is 0 Å². The van der Waals surface area contributed by atoms with Gasteiger partial charge in [-0.2, -0.15) is 0 Å². The summed E-state index contributed by atoms with van der Waals surface area (Å²) in [6.07, 6.45) is 0. The van der Waals surface area contributed by atoms with Gasteiger partial charge in [0.2, 0.25) is 0 Å². The SMILES string of the molecule is CCOC(=O)c1c(Br)sc(Br)c1-c1ccc(F)cc1. The lowest BCUT2D eigenvalue weighted by Crippen LogP contribution is -2.05. The molecule has 0 fully saturated rings. The van der Waals surface area contributed by atoms with Crippen molar-refractivity contribution in [3.05, 3.63) is 43.2 Å². The zero-order chi connectivity index (χ0) is 14.0. The van der Waals surface area contributed by atoms with E-state index in [1.54, 1.807) is 19.1 Å². The predicted molar refractivity (Wildman–Crippen MR) is 81.1 cm³/mol. The standard InChI is InChI=1S/C13H9Br2FO2S/c1-2-18-13(17)10-9(11(14)19-12(10)15)7-3-5-8(16)6-4-7/h3-6H,2H2,1H3. The predicted octanol–water partition coefficient (Wildman–Crippen LogP) is 5.26. The Morgan fingerprint density at radius 2 is 1.89 bits per heavy atom. The van der Waals surface area contributed by atoms with Crippen molar-refractivity contribution in [2.24, 2.45) is 0 Å². The highest BCUT2D eigenvalue weighted by atomic mass is 79.9. The molecule has 0 amide bonds. The van der Waals surface area contributed by atoms with Gasteiger partial charge in [-0.1, -0.05) is 12.1 Å². The number of hydrogen-bond acceptors (Lipinski definition) is 3. The molecule has 1 aromatic carbocycles. The van der Waals surface area contributed by atoms with Gasteiger partial charge in [0, 0.05) is 5.56 Å². The maximum Gasteiger partial charge on any atom is 0.340 e. The van der Waals surface area contributed by atoms with Crippen LogP contribution in [-0.4, -0.2) is 12.6 Å². The number of halogens is 3. The van der Waals surface area contributed by atoms with Crippen molar-refractivity contribution in [1.82, 2.24) is 0 Å². The maximum atomic E-state index is 13.0. The molecular formula is C13H9Br2FO2S. The van der Waals surface area contributed by atoms with Crippen LogP contribution in [0.5, 0.6) is 0 Å². The first kappa shape index (κ1) is 14.7. The second-order valence-electron chi connectivity index (χ2n) is 3.63. The second-order valence-corrected chi connectivity index (χ2v) is 7.28. The molecule has 19 heavy (non-hydrogen) atoms. The normalized spacial score (nSPS) is 10.5. The van der Waals surface area contributed by atoms with Crippen LogP contribution >= 0.6 is 43.2 Å². The summed E-state index contributed by atoms with van der Waals surface area (Å²) in [7, 11) is 0. The lowest BCUT2D eigenvalue weighted by atomic mass is 10.0. The molecule has 0 saturated heterocycles. The first-order valence-corrected chi connectivity index (χ1v) is 7.85. The van der Waals surface area contributed by atoms with E-state index in [1.807, 2.05) is 0 Å². The molecule has 0 radical (unpaired) electrons. The Hall–Kier alpha value is -0.720. The number of esters is 1. The van der Waals surface area contributed by atoms with Gasteiger partial charge < -0.3 is 4.74 Å². The molecule has 0 bridgehead atoms. The highest BCUT2D eigenvalue weighted by Crippen LogP contribution is 2.43. The first-order valence-electron chi connectivity index (χ1n) is 5.45. The quantitative estimate of drug-likeness (QED) is 0.649. The average Bonchev–Trinajstić information content (AvgIpc) is 2.65. The van der Waals surface area contributed by atoms with Crippen LogP contribution < -0.4 is 0 Å². The van der Waals surface area contributed by atoms with Crippen LogP contribution in [0.25, 0.3) is 11.1 Å². The van der Waals surface area contributed by atoms with Gasteiger partial charge >= 0.3 is 5.97 Å². The van der Waals surface area contributed by atoms with Crippen molar-refractivity contribution in [3.63, 3.8) is 0 Å². The number of carbonyl (C=O) groups excluding carboxylic acids is 1. The summed E-state index contributed by atoms with van der Waals surface area (Å²) in [5, 5.41) is 0. The van der Waals surface area contributed by atoms with E-state index in [0.717, 1.165) is 14.9 Å². The fourth-order valence-corrected chi connectivity index (χ4v) is 4.81. The summed E-state index contributed by atoms with van der Waals surface area (Å²) < 4.78 is 19.5. The van der Waals surface area contributed by atoms with Crippen molar-refractivity contribution in [3.8, 4) is 11.1 Å². The molecule has 1 heterocycles. The fourth-order valence-electron chi connectivity index (χ4n) is 1.64. The molecule has 2 rings (SSSR count). The van der Waals surface area contributed by atoms with Crippen LogP contribution in [0.2, 0.25) is 0 Å². The van der Waals surface area contributed by atoms with E-state index in [0.29, 0.717) is 16.0 Å². The maximum absolute atomic E-state index is 13.0. The third-order valence-electron chi connectivity index (χ3n) is 2.43. The minimum atomic E-state index is -0.393. The molecule has 2 nitrogen and oxygen atoms in total. The van der Waals surface area contributed by atoms with E-state index in [-0.39, 0.29) is 5.82 Å². The minimum absolute atomic E-state index is 0.307. The molecule has 100 valence electrons. The second kappa shape index (κ2) is 6.15. The number of ether oxygens (including phenoxy) is 1. The molecule has 0 N–H and O–H groups in total. The molecule has 0 aliphatic heterocycles. The zero-order valence-corrected chi connectivity index (χ0v) is 13.9. The summed E-state index contributed by atoms with van der Waals surface area (Å²) in [6.45, 7) is 2.06. The Morgan fingerprint density at radius 1 is 1.26 bits per heavy atom. The van der Waals surface area contributed by atoms with Crippen LogP contribution in [0.4, 0.5) is 4.39 Å². The molecule has 0 aliphatic rings. The third kappa shape index (κ3) is 3.07. The molecule has 6 heteroatoms. The molecule has 1 aromatic heterocycles. The number of thiophene rings is 1. The van der Waals surface area contributed by atoms with Crippen molar-refractivity contribution in [1.29, 1.82) is 0 Å². The summed E-state index contributed by atoms with van der Waals surface area (Å²) in [4.78, 5) is 12.0. The summed E-state index contributed by atoms with van der Waals surface area (Å²) in [5.74, 6) is -0.706. The van der Waals surface area contributed by atoms with E-state index in [2.05, 4.69) is 31.9 Å². The summed E-state index contributed by atoms with van der Waals surface area (Å²) >= 11 is 8.18. The van der Waals surface area contributed by atoms with E-state index in [4.69, 9.17) is 4.74 Å². The number of carbonyl (C=O) groups is 1. The van der Waals surface area contributed by atoms with Crippen molar-refractivity contribution < 1.29 is 13.9 Å². The first-order chi connectivity index (χ1) is 9.04. The Balaban J connectivity index is 2.56. The fraction of sp³-hybridized carbons (Fsp3) is 0.154. The molecule has 0 aliphatic carbocycles. The lowest BCUT2D eigenvalue weighted by molar-refractivity contribution is 0.0527. The Morgan fingerprint density at radius 3 is 2.47 bits per heavy atom. The van der Waals surface area contributed by atoms with E-state index < -0.39 is 5.97 Å². The van der Waals surface area contributed by atoms with Crippen LogP contribution in [0.15, 0.2) is 31.8 Å². The van der Waals surface area contributed by atoms with Crippen molar-refractivity contribution in [2.45, 2.75) is 6.92 Å². The van der Waals surface area contributed by atoms with Gasteiger partial charge in [-0.15, -0.1) is 11.3 Å². The summed E-state index contributed by atoms with van der Waals surface area (Å²) in [5.41, 5.74) is 1.94. The molecule has 0 atom stereocenters. The molecule has 0 unspecified atom stereocenters. The Kier molecular flexibility index (Phi) is 4.76. The largest absolute Gasteiger partial charge is 0.462 e. The monoisotopic (exact) mass is 406 g/mol. The van der Waals surface area contributed by atoms with Gasteiger partial charge in [0.05, 0.1) is 19.7 Å². The van der Waals surface area contributed by atoms with E-state index in [1.165, 1.54) is 23.5 Å². The Bertz CT molecular complexity index is 608. The number of rotatable bonds is 3. The highest BCUT2D eigenvalue weighted by molar-refractivity contribution is 9.12.